The van der Waals surface area contributed by atoms with Gasteiger partial charge in [0.05, 0.1) is 0 Å². The summed E-state index contributed by atoms with van der Waals surface area (Å²) in [7, 11) is 0. The molecule has 0 fully saturated rings. The molecule has 0 aromatic carbocycles. The normalized spacial score (nSPS) is 8.62. The molecule has 0 rings (SSSR count). The molecule has 0 aliphatic rings. The van der Waals surface area contributed by atoms with Gasteiger partial charge in [-0.3, -0.25) is 0 Å². The Kier molecular flexibility index (Phi) is 3.85. The molecule has 44 valence electrons. The minimum absolute atomic E-state index is 0.0138. The fraction of sp³-hybridized carbons (Fsp3) is 0.500. The van der Waals surface area contributed by atoms with Crippen molar-refractivity contribution in [1.29, 1.82) is 0 Å². The van der Waals surface area contributed by atoms with Gasteiger partial charge in [0, 0.05) is 0 Å². The van der Waals surface area contributed by atoms with E-state index in [1.54, 1.807) is 0 Å². The van der Waals surface area contributed by atoms with E-state index >= 15 is 0 Å². The average Bonchev–Trinajstić information content (AvgIpc) is 1.61. The van der Waals surface area contributed by atoms with Crippen LogP contribution in [0.4, 0.5) is 0 Å². The molecule has 0 aliphatic carbocycles. The summed E-state index contributed by atoms with van der Waals surface area (Å²) in [5.41, 5.74) is 0. The van der Waals surface area contributed by atoms with Crippen LogP contribution in [0.15, 0.2) is 0 Å². The van der Waals surface area contributed by atoms with Crippen molar-refractivity contribution < 1.29 is 14.7 Å². The zero-order valence-electron chi connectivity index (χ0n) is 4.26. The Balaban J connectivity index is 3.18. The number of carboxylic acids is 1. The second-order valence-electron chi connectivity index (χ2n) is 1.36. The molecule has 1 N–H and O–H groups in total. The van der Waals surface area contributed by atoms with Gasteiger partial charge >= 0.3 is 59.8 Å². The molecule has 0 heterocycles. The van der Waals surface area contributed by atoms with Gasteiger partial charge in [-0.15, -0.1) is 0 Å². The number of hydrogen-bond acceptors (Lipinski definition) is 2. The molecule has 0 saturated carbocycles. The molecule has 4 heteroatoms. The number of rotatable bonds is 3. The molecule has 0 spiro atoms. The van der Waals surface area contributed by atoms with E-state index in [-0.39, 0.29) is 16.6 Å². The van der Waals surface area contributed by atoms with Crippen LogP contribution >= 0.6 is 0 Å². The monoisotopic (exact) mass is 222 g/mol. The molecule has 0 aliphatic heterocycles. The van der Waals surface area contributed by atoms with Gasteiger partial charge in [0.15, 0.2) is 0 Å². The Morgan fingerprint density at radius 2 is 1.88 bits per heavy atom. The van der Waals surface area contributed by atoms with E-state index in [4.69, 9.17) is 5.11 Å². The number of carbonyl (C=O) groups excluding carboxylic acids is 1. The van der Waals surface area contributed by atoms with Crippen LogP contribution in [-0.2, 0) is 9.59 Å². The zero-order chi connectivity index (χ0) is 6.57. The number of aliphatic carboxylic acids is 1. The molecule has 2 radical (unpaired) electrons. The summed E-state index contributed by atoms with van der Waals surface area (Å²) in [5, 5.41) is 8.02. The van der Waals surface area contributed by atoms with Gasteiger partial charge in [0.2, 0.25) is 0 Å². The third-order valence-electron chi connectivity index (χ3n) is 0.585. The summed E-state index contributed by atoms with van der Waals surface area (Å²) in [4.78, 5) is 19.9. The van der Waals surface area contributed by atoms with E-state index < -0.39 is 5.97 Å². The van der Waals surface area contributed by atoms with Crippen molar-refractivity contribution in [1.82, 2.24) is 0 Å². The standard InChI is InChI=1S/C4H5O3.Sn.H/c5-3-1-2-4(6)7;;/h1-2H2,(H,6,7);;. The Morgan fingerprint density at radius 3 is 2.00 bits per heavy atom. The van der Waals surface area contributed by atoms with Crippen LogP contribution in [0.5, 0.6) is 0 Å². The fourth-order valence-corrected chi connectivity index (χ4v) is 0.642. The Hall–Kier alpha value is -0.0613. The molecular formula is C4H6O3Sn. The van der Waals surface area contributed by atoms with E-state index in [0.29, 0.717) is 22.5 Å². The van der Waals surface area contributed by atoms with Gasteiger partial charge in [0.1, 0.15) is 0 Å². The van der Waals surface area contributed by atoms with Crippen molar-refractivity contribution in [2.75, 3.05) is 0 Å². The van der Waals surface area contributed by atoms with Crippen LogP contribution in [0.2, 0.25) is 0 Å². The summed E-state index contributed by atoms with van der Waals surface area (Å²) < 4.78 is 0.0535. The van der Waals surface area contributed by atoms with E-state index in [2.05, 4.69) is 0 Å². The third kappa shape index (κ3) is 5.94. The fourth-order valence-electron chi connectivity index (χ4n) is 0.230. The maximum atomic E-state index is 10.1. The topological polar surface area (TPSA) is 54.4 Å². The first-order valence-electron chi connectivity index (χ1n) is 2.13. The Bertz CT molecular complexity index is 95.9. The van der Waals surface area contributed by atoms with Gasteiger partial charge < -0.3 is 0 Å². The SMILES string of the molecule is O=C(O)CC[C](=O)[SnH]. The minimum atomic E-state index is -0.896. The van der Waals surface area contributed by atoms with Crippen LogP contribution in [0.1, 0.15) is 12.8 Å². The van der Waals surface area contributed by atoms with E-state index in [1.807, 2.05) is 0 Å². The van der Waals surface area contributed by atoms with Gasteiger partial charge in [0.25, 0.3) is 0 Å². The van der Waals surface area contributed by atoms with Crippen molar-refractivity contribution in [3.63, 3.8) is 0 Å². The summed E-state index contributed by atoms with van der Waals surface area (Å²) >= 11 is 0.530. The van der Waals surface area contributed by atoms with Crippen molar-refractivity contribution in [3.8, 4) is 0 Å². The first kappa shape index (κ1) is 7.94. The second kappa shape index (κ2) is 3.88. The van der Waals surface area contributed by atoms with Crippen LogP contribution < -0.4 is 0 Å². The molecule has 0 atom stereocenters. The molecule has 0 aromatic heterocycles. The first-order chi connectivity index (χ1) is 3.63. The second-order valence-corrected chi connectivity index (χ2v) is 3.20. The van der Waals surface area contributed by atoms with Crippen LogP contribution in [0.25, 0.3) is 0 Å². The predicted molar refractivity (Wildman–Crippen MR) is 29.0 cm³/mol. The molecule has 0 bridgehead atoms. The zero-order valence-corrected chi connectivity index (χ0v) is 7.55. The van der Waals surface area contributed by atoms with Crippen LogP contribution in [0.3, 0.4) is 0 Å². The number of hydrogen-bond donors (Lipinski definition) is 1. The summed E-state index contributed by atoms with van der Waals surface area (Å²) in [6.07, 6.45) is 0.192. The number of carbonyl (C=O) groups is 2. The number of carboxylic acid groups (broad SMARTS) is 1. The predicted octanol–water partition coefficient (Wildman–Crippen LogP) is -0.721. The van der Waals surface area contributed by atoms with E-state index in [1.165, 1.54) is 0 Å². The summed E-state index contributed by atoms with van der Waals surface area (Å²) in [6.45, 7) is 0. The van der Waals surface area contributed by atoms with Gasteiger partial charge in [-0.25, -0.2) is 0 Å². The molecule has 0 aromatic rings. The molecular weight excluding hydrogens is 215 g/mol. The van der Waals surface area contributed by atoms with Crippen molar-refractivity contribution in [3.05, 3.63) is 0 Å². The van der Waals surface area contributed by atoms with E-state index in [0.717, 1.165) is 0 Å². The van der Waals surface area contributed by atoms with Crippen molar-refractivity contribution in [2.24, 2.45) is 0 Å². The maximum absolute atomic E-state index is 10.1. The van der Waals surface area contributed by atoms with Gasteiger partial charge in [-0.2, -0.15) is 0 Å². The van der Waals surface area contributed by atoms with Crippen LogP contribution in [0, 0.1) is 0 Å². The van der Waals surface area contributed by atoms with Gasteiger partial charge in [-0.1, -0.05) is 0 Å². The quantitative estimate of drug-likeness (QED) is 0.639. The molecule has 3 nitrogen and oxygen atoms in total. The average molecular weight is 221 g/mol. The Labute approximate surface area is 60.2 Å². The molecule has 0 saturated heterocycles. The molecule has 0 unspecified atom stereocenters. The van der Waals surface area contributed by atoms with E-state index in [9.17, 15) is 9.59 Å². The molecule has 8 heavy (non-hydrogen) atoms. The van der Waals surface area contributed by atoms with Crippen LogP contribution in [-0.4, -0.2) is 37.4 Å². The Morgan fingerprint density at radius 1 is 1.38 bits per heavy atom. The first-order valence-corrected chi connectivity index (χ1v) is 3.78. The third-order valence-corrected chi connectivity index (χ3v) is 1.41. The van der Waals surface area contributed by atoms with Crippen molar-refractivity contribution >= 4 is 32.3 Å². The van der Waals surface area contributed by atoms with Crippen molar-refractivity contribution in [2.45, 2.75) is 12.8 Å². The van der Waals surface area contributed by atoms with Gasteiger partial charge in [-0.05, 0) is 0 Å². The summed E-state index contributed by atoms with van der Waals surface area (Å²) in [6, 6.07) is 0. The summed E-state index contributed by atoms with van der Waals surface area (Å²) in [5.74, 6) is -0.896. The molecule has 0 amide bonds.